The highest BCUT2D eigenvalue weighted by Crippen LogP contribution is 2.18. The molecular formula is C20H19N5OS. The van der Waals surface area contributed by atoms with Crippen LogP contribution in [0.2, 0.25) is 0 Å². The number of carbonyl (C=O) groups is 1. The average Bonchev–Trinajstić information content (AvgIpc) is 3.27. The molecule has 0 bridgehead atoms. The lowest BCUT2D eigenvalue weighted by Crippen LogP contribution is -2.48. The number of rotatable bonds is 4. The molecule has 6 nitrogen and oxygen atoms in total. The molecule has 1 amide bonds. The van der Waals surface area contributed by atoms with E-state index in [1.165, 1.54) is 0 Å². The van der Waals surface area contributed by atoms with Gasteiger partial charge in [0.2, 0.25) is 5.91 Å². The largest absolute Gasteiger partial charge is 0.352 e. The Morgan fingerprint density at radius 3 is 2.52 bits per heavy atom. The maximum atomic E-state index is 12.3. The Balaban J connectivity index is 1.34. The monoisotopic (exact) mass is 377 g/mol. The van der Waals surface area contributed by atoms with Gasteiger partial charge in [-0.1, -0.05) is 12.1 Å². The minimum atomic E-state index is 0.0552. The van der Waals surface area contributed by atoms with Gasteiger partial charge in [-0.25, -0.2) is 0 Å². The third kappa shape index (κ3) is 4.20. The lowest BCUT2D eigenvalue weighted by Gasteiger charge is -2.34. The average molecular weight is 377 g/mol. The molecule has 0 aliphatic carbocycles. The molecule has 0 spiro atoms. The summed E-state index contributed by atoms with van der Waals surface area (Å²) in [7, 11) is 0. The van der Waals surface area contributed by atoms with E-state index in [4.69, 9.17) is 0 Å². The molecule has 0 atom stereocenters. The minimum Gasteiger partial charge on any atom is -0.352 e. The normalized spacial score (nSPS) is 14.7. The number of anilines is 1. The van der Waals surface area contributed by atoms with Crippen LogP contribution in [0.4, 0.5) is 5.82 Å². The van der Waals surface area contributed by atoms with Crippen molar-refractivity contribution >= 4 is 29.1 Å². The van der Waals surface area contributed by atoms with E-state index in [1.807, 2.05) is 58.8 Å². The maximum absolute atomic E-state index is 12.3. The molecule has 1 aliphatic rings. The molecule has 4 heterocycles. The van der Waals surface area contributed by atoms with E-state index in [9.17, 15) is 4.79 Å². The summed E-state index contributed by atoms with van der Waals surface area (Å²) < 4.78 is 0. The Hall–Kier alpha value is -3.06. The second kappa shape index (κ2) is 8.09. The number of hydrogen-bond donors (Lipinski definition) is 0. The molecule has 7 heteroatoms. The van der Waals surface area contributed by atoms with Crippen LogP contribution in [0.25, 0.3) is 17.5 Å². The van der Waals surface area contributed by atoms with Crippen molar-refractivity contribution in [3.63, 3.8) is 0 Å². The zero-order valence-corrected chi connectivity index (χ0v) is 15.5. The van der Waals surface area contributed by atoms with Crippen LogP contribution in [0.5, 0.6) is 0 Å². The predicted octanol–water partition coefficient (Wildman–Crippen LogP) is 2.96. The van der Waals surface area contributed by atoms with Crippen molar-refractivity contribution in [3.8, 4) is 11.4 Å². The SMILES string of the molecule is O=C(C=Cc1cccs1)N1CCN(c2ccc(-c3ccccn3)nn2)CC1. The van der Waals surface area contributed by atoms with Crippen molar-refractivity contribution in [1.82, 2.24) is 20.1 Å². The summed E-state index contributed by atoms with van der Waals surface area (Å²) in [5.74, 6) is 0.885. The van der Waals surface area contributed by atoms with Crippen LogP contribution in [0.1, 0.15) is 4.88 Å². The van der Waals surface area contributed by atoms with E-state index >= 15 is 0 Å². The van der Waals surface area contributed by atoms with Gasteiger partial charge in [-0.2, -0.15) is 0 Å². The molecule has 0 saturated carbocycles. The van der Waals surface area contributed by atoms with Crippen molar-refractivity contribution < 1.29 is 4.79 Å². The second-order valence-corrected chi connectivity index (χ2v) is 7.13. The first-order valence-electron chi connectivity index (χ1n) is 8.80. The number of pyridine rings is 1. The summed E-state index contributed by atoms with van der Waals surface area (Å²) >= 11 is 1.62. The molecule has 1 saturated heterocycles. The van der Waals surface area contributed by atoms with Gasteiger partial charge in [-0.05, 0) is 41.8 Å². The quantitative estimate of drug-likeness (QED) is 0.654. The van der Waals surface area contributed by atoms with Gasteiger partial charge in [0.25, 0.3) is 0 Å². The first-order valence-corrected chi connectivity index (χ1v) is 9.68. The first kappa shape index (κ1) is 17.4. The van der Waals surface area contributed by atoms with Crippen LogP contribution in [-0.2, 0) is 4.79 Å². The lowest BCUT2D eigenvalue weighted by atomic mass is 10.2. The molecule has 27 heavy (non-hydrogen) atoms. The number of piperazine rings is 1. The third-order valence-corrected chi connectivity index (χ3v) is 5.26. The molecule has 3 aromatic heterocycles. The van der Waals surface area contributed by atoms with Gasteiger partial charge in [0.15, 0.2) is 5.82 Å². The fraction of sp³-hybridized carbons (Fsp3) is 0.200. The fourth-order valence-corrected chi connectivity index (χ4v) is 3.56. The number of hydrogen-bond acceptors (Lipinski definition) is 6. The molecular weight excluding hydrogens is 358 g/mol. The van der Waals surface area contributed by atoms with Gasteiger partial charge in [0.1, 0.15) is 5.69 Å². The Bertz CT molecular complexity index is 901. The highest BCUT2D eigenvalue weighted by molar-refractivity contribution is 7.10. The maximum Gasteiger partial charge on any atom is 0.246 e. The number of amides is 1. The Morgan fingerprint density at radius 1 is 0.963 bits per heavy atom. The van der Waals surface area contributed by atoms with Crippen molar-refractivity contribution in [2.24, 2.45) is 0 Å². The van der Waals surface area contributed by atoms with E-state index in [-0.39, 0.29) is 5.91 Å². The summed E-state index contributed by atoms with van der Waals surface area (Å²) in [6.45, 7) is 2.85. The Morgan fingerprint density at radius 2 is 1.85 bits per heavy atom. The summed E-state index contributed by atoms with van der Waals surface area (Å²) in [4.78, 5) is 21.7. The van der Waals surface area contributed by atoms with Crippen LogP contribution < -0.4 is 4.90 Å². The highest BCUT2D eigenvalue weighted by Gasteiger charge is 2.20. The van der Waals surface area contributed by atoms with Crippen LogP contribution in [0, 0.1) is 0 Å². The van der Waals surface area contributed by atoms with Crippen molar-refractivity contribution in [2.75, 3.05) is 31.1 Å². The molecule has 0 radical (unpaired) electrons. The zero-order chi connectivity index (χ0) is 18.5. The van der Waals surface area contributed by atoms with E-state index in [2.05, 4.69) is 20.1 Å². The second-order valence-electron chi connectivity index (χ2n) is 6.15. The summed E-state index contributed by atoms with van der Waals surface area (Å²) in [5, 5.41) is 10.6. The molecule has 0 N–H and O–H groups in total. The molecule has 4 rings (SSSR count). The van der Waals surface area contributed by atoms with Gasteiger partial charge < -0.3 is 9.80 Å². The van der Waals surface area contributed by atoms with E-state index in [1.54, 1.807) is 23.6 Å². The Labute approximate surface area is 161 Å². The summed E-state index contributed by atoms with van der Waals surface area (Å²) in [6.07, 6.45) is 5.28. The van der Waals surface area contributed by atoms with Crippen molar-refractivity contribution in [3.05, 3.63) is 65.0 Å². The molecule has 136 valence electrons. The highest BCUT2D eigenvalue weighted by atomic mass is 32.1. The van der Waals surface area contributed by atoms with Gasteiger partial charge >= 0.3 is 0 Å². The number of thiophene rings is 1. The van der Waals surface area contributed by atoms with Gasteiger partial charge in [0, 0.05) is 43.3 Å². The molecule has 1 fully saturated rings. The topological polar surface area (TPSA) is 62.2 Å². The van der Waals surface area contributed by atoms with Crippen molar-refractivity contribution in [1.29, 1.82) is 0 Å². The molecule has 0 aromatic carbocycles. The van der Waals surface area contributed by atoms with E-state index in [0.717, 1.165) is 35.2 Å². The van der Waals surface area contributed by atoms with Crippen LogP contribution in [0.3, 0.4) is 0 Å². The van der Waals surface area contributed by atoms with Crippen LogP contribution >= 0.6 is 11.3 Å². The minimum absolute atomic E-state index is 0.0552. The fourth-order valence-electron chi connectivity index (χ4n) is 2.95. The lowest BCUT2D eigenvalue weighted by molar-refractivity contribution is -0.126. The zero-order valence-electron chi connectivity index (χ0n) is 14.7. The predicted molar refractivity (Wildman–Crippen MR) is 107 cm³/mol. The van der Waals surface area contributed by atoms with Crippen LogP contribution in [0.15, 0.2) is 60.1 Å². The van der Waals surface area contributed by atoms with Gasteiger partial charge in [-0.15, -0.1) is 21.5 Å². The Kier molecular flexibility index (Phi) is 5.20. The summed E-state index contributed by atoms with van der Waals surface area (Å²) in [5.41, 5.74) is 1.57. The smallest absolute Gasteiger partial charge is 0.246 e. The number of carbonyl (C=O) groups excluding carboxylic acids is 1. The summed E-state index contributed by atoms with van der Waals surface area (Å²) in [6, 6.07) is 13.6. The van der Waals surface area contributed by atoms with E-state index < -0.39 is 0 Å². The molecule has 0 unspecified atom stereocenters. The van der Waals surface area contributed by atoms with Gasteiger partial charge in [0.05, 0.1) is 5.69 Å². The van der Waals surface area contributed by atoms with E-state index in [0.29, 0.717) is 13.1 Å². The standard InChI is InChI=1S/C20H19N5OS/c26-20(9-6-16-4-3-15-27-16)25-13-11-24(12-14-25)19-8-7-18(22-23-19)17-5-1-2-10-21-17/h1-10,15H,11-14H2. The van der Waals surface area contributed by atoms with Crippen molar-refractivity contribution in [2.45, 2.75) is 0 Å². The number of aromatic nitrogens is 3. The molecule has 3 aromatic rings. The number of nitrogens with zero attached hydrogens (tertiary/aromatic N) is 5. The third-order valence-electron chi connectivity index (χ3n) is 4.43. The van der Waals surface area contributed by atoms with Gasteiger partial charge in [-0.3, -0.25) is 9.78 Å². The first-order chi connectivity index (χ1) is 13.3. The van der Waals surface area contributed by atoms with Crippen LogP contribution in [-0.4, -0.2) is 52.2 Å². The molecule has 1 aliphatic heterocycles.